The van der Waals surface area contributed by atoms with Crippen molar-refractivity contribution in [2.24, 2.45) is 0 Å². The molecule has 2 rings (SSSR count). The number of unbranched alkanes of at least 4 members (excludes halogenated alkanes) is 2. The van der Waals surface area contributed by atoms with Gasteiger partial charge in [-0.05, 0) is 43.0 Å². The van der Waals surface area contributed by atoms with Crippen LogP contribution in [0.15, 0.2) is 23.1 Å². The molecular weight excluding hydrogens is 324 g/mol. The van der Waals surface area contributed by atoms with Crippen LogP contribution in [-0.4, -0.2) is 38.3 Å². The van der Waals surface area contributed by atoms with Crippen molar-refractivity contribution in [3.63, 3.8) is 0 Å². The first kappa shape index (κ1) is 18.9. The number of rotatable bonds is 8. The molecule has 0 spiro atoms. The number of hydrogen-bond acceptors (Lipinski definition) is 3. The van der Waals surface area contributed by atoms with E-state index in [4.69, 9.17) is 0 Å². The number of amides is 1. The quantitative estimate of drug-likeness (QED) is 0.722. The van der Waals surface area contributed by atoms with Gasteiger partial charge in [-0.15, -0.1) is 0 Å². The first-order valence-corrected chi connectivity index (χ1v) is 10.3. The number of anilines is 1. The highest BCUT2D eigenvalue weighted by Gasteiger charge is 2.27. The van der Waals surface area contributed by atoms with Crippen molar-refractivity contribution >= 4 is 21.6 Å². The third-order valence-electron chi connectivity index (χ3n) is 4.49. The highest BCUT2D eigenvalue weighted by atomic mass is 32.2. The molecule has 0 aliphatic carbocycles. The molecule has 0 bridgehead atoms. The van der Waals surface area contributed by atoms with Crippen molar-refractivity contribution in [2.45, 2.75) is 57.8 Å². The van der Waals surface area contributed by atoms with E-state index >= 15 is 0 Å². The first-order chi connectivity index (χ1) is 11.4. The van der Waals surface area contributed by atoms with Crippen LogP contribution < -0.4 is 4.90 Å². The van der Waals surface area contributed by atoms with Crippen LogP contribution in [0.1, 0.15) is 52.0 Å². The molecular formula is C18H28N2O3S. The summed E-state index contributed by atoms with van der Waals surface area (Å²) in [7, 11) is -3.47. The average molecular weight is 353 g/mol. The van der Waals surface area contributed by atoms with Crippen LogP contribution in [0.2, 0.25) is 0 Å². The molecule has 6 heteroatoms. The second kappa shape index (κ2) is 8.12. The van der Waals surface area contributed by atoms with E-state index in [1.807, 2.05) is 0 Å². The van der Waals surface area contributed by atoms with Gasteiger partial charge in [0.05, 0.1) is 4.90 Å². The van der Waals surface area contributed by atoms with E-state index in [1.54, 1.807) is 27.4 Å². The smallest absolute Gasteiger partial charge is 0.243 e. The van der Waals surface area contributed by atoms with Gasteiger partial charge in [-0.2, -0.15) is 4.31 Å². The van der Waals surface area contributed by atoms with Crippen LogP contribution in [0.5, 0.6) is 0 Å². The Balaban J connectivity index is 2.29. The third-order valence-corrected chi connectivity index (χ3v) is 6.38. The topological polar surface area (TPSA) is 57.7 Å². The number of benzene rings is 1. The van der Waals surface area contributed by atoms with Gasteiger partial charge in [0.1, 0.15) is 0 Å². The molecule has 1 heterocycles. The van der Waals surface area contributed by atoms with Crippen molar-refractivity contribution in [3.05, 3.63) is 23.8 Å². The molecule has 1 aliphatic rings. The van der Waals surface area contributed by atoms with Gasteiger partial charge >= 0.3 is 0 Å². The summed E-state index contributed by atoms with van der Waals surface area (Å²) >= 11 is 0. The summed E-state index contributed by atoms with van der Waals surface area (Å²) in [5.41, 5.74) is 1.78. The molecule has 134 valence electrons. The maximum atomic E-state index is 13.0. The Morgan fingerprint density at radius 1 is 1.17 bits per heavy atom. The van der Waals surface area contributed by atoms with Crippen LogP contribution in [0, 0.1) is 0 Å². The second-order valence-corrected chi connectivity index (χ2v) is 8.26. The molecule has 0 saturated heterocycles. The minimum atomic E-state index is -3.47. The highest BCUT2D eigenvalue weighted by Crippen LogP contribution is 2.31. The van der Waals surface area contributed by atoms with Gasteiger partial charge in [-0.3, -0.25) is 4.79 Å². The van der Waals surface area contributed by atoms with Crippen molar-refractivity contribution in [2.75, 3.05) is 24.5 Å². The van der Waals surface area contributed by atoms with Gasteiger partial charge in [0.2, 0.25) is 15.9 Å². The normalized spacial score (nSPS) is 14.2. The van der Waals surface area contributed by atoms with E-state index in [0.29, 0.717) is 31.0 Å². The van der Waals surface area contributed by atoms with Gasteiger partial charge in [0, 0.05) is 32.2 Å². The molecule has 1 aromatic rings. The lowest BCUT2D eigenvalue weighted by Gasteiger charge is -2.22. The highest BCUT2D eigenvalue weighted by molar-refractivity contribution is 7.89. The Bertz CT molecular complexity index is 678. The van der Waals surface area contributed by atoms with E-state index in [0.717, 1.165) is 36.9 Å². The first-order valence-electron chi connectivity index (χ1n) is 8.83. The van der Waals surface area contributed by atoms with E-state index < -0.39 is 10.0 Å². The summed E-state index contributed by atoms with van der Waals surface area (Å²) in [4.78, 5) is 13.7. The number of carbonyl (C=O) groups excluding carboxylic acids is 1. The fourth-order valence-corrected chi connectivity index (χ4v) is 4.60. The number of nitrogens with zero attached hydrogens (tertiary/aromatic N) is 2. The van der Waals surface area contributed by atoms with Crippen molar-refractivity contribution < 1.29 is 13.2 Å². The number of carbonyl (C=O) groups is 1. The molecule has 0 radical (unpaired) electrons. The van der Waals surface area contributed by atoms with E-state index in [9.17, 15) is 13.2 Å². The van der Waals surface area contributed by atoms with E-state index in [2.05, 4.69) is 13.8 Å². The Hall–Kier alpha value is -1.40. The zero-order chi connectivity index (χ0) is 17.7. The molecule has 1 amide bonds. The molecule has 0 aromatic heterocycles. The number of sulfonamides is 1. The lowest BCUT2D eigenvalue weighted by molar-refractivity contribution is -0.116. The maximum Gasteiger partial charge on any atom is 0.243 e. The second-order valence-electron chi connectivity index (χ2n) is 6.32. The summed E-state index contributed by atoms with van der Waals surface area (Å²) in [5.74, 6) is -0.00289. The Morgan fingerprint density at radius 3 is 2.33 bits per heavy atom. The zero-order valence-corrected chi connectivity index (χ0v) is 15.7. The van der Waals surface area contributed by atoms with Gasteiger partial charge in [-0.25, -0.2) is 8.42 Å². The standard InChI is InChI=1S/C18H28N2O3S/c1-4-6-11-19(12-7-5-2)24(22,23)17-8-9-18-16(14-17)10-13-20(18)15(3)21/h8-9,14H,4-7,10-13H2,1-3H3. The summed E-state index contributed by atoms with van der Waals surface area (Å²) in [5, 5.41) is 0. The van der Waals surface area contributed by atoms with Crippen molar-refractivity contribution in [3.8, 4) is 0 Å². The van der Waals surface area contributed by atoms with Crippen molar-refractivity contribution in [1.82, 2.24) is 4.31 Å². The molecule has 1 aromatic carbocycles. The zero-order valence-electron chi connectivity index (χ0n) is 14.9. The molecule has 0 unspecified atom stereocenters. The largest absolute Gasteiger partial charge is 0.312 e. The van der Waals surface area contributed by atoms with Gasteiger partial charge in [-0.1, -0.05) is 26.7 Å². The minimum Gasteiger partial charge on any atom is -0.312 e. The summed E-state index contributed by atoms with van der Waals surface area (Å²) in [6, 6.07) is 5.16. The molecule has 24 heavy (non-hydrogen) atoms. The van der Waals surface area contributed by atoms with Crippen LogP contribution in [-0.2, 0) is 21.2 Å². The molecule has 0 N–H and O–H groups in total. The average Bonchev–Trinajstić information content (AvgIpc) is 2.98. The monoisotopic (exact) mass is 352 g/mol. The predicted molar refractivity (Wildman–Crippen MR) is 96.7 cm³/mol. The van der Waals surface area contributed by atoms with Crippen LogP contribution in [0.3, 0.4) is 0 Å². The van der Waals surface area contributed by atoms with Crippen LogP contribution in [0.4, 0.5) is 5.69 Å². The van der Waals surface area contributed by atoms with Gasteiger partial charge < -0.3 is 4.90 Å². The SMILES string of the molecule is CCCCN(CCCC)S(=O)(=O)c1ccc2c(c1)CCN2C(C)=O. The summed E-state index contributed by atoms with van der Waals surface area (Å²) < 4.78 is 27.6. The third kappa shape index (κ3) is 3.98. The molecule has 0 saturated carbocycles. The van der Waals surface area contributed by atoms with Crippen molar-refractivity contribution in [1.29, 1.82) is 0 Å². The fourth-order valence-electron chi connectivity index (χ4n) is 3.04. The molecule has 5 nitrogen and oxygen atoms in total. The Morgan fingerprint density at radius 2 is 1.79 bits per heavy atom. The summed E-state index contributed by atoms with van der Waals surface area (Å²) in [6.45, 7) is 7.43. The van der Waals surface area contributed by atoms with Crippen LogP contribution >= 0.6 is 0 Å². The molecule has 0 atom stereocenters. The lowest BCUT2D eigenvalue weighted by atomic mass is 10.2. The molecule has 0 fully saturated rings. The predicted octanol–water partition coefficient (Wildman–Crippen LogP) is 3.19. The molecule has 1 aliphatic heterocycles. The number of fused-ring (bicyclic) bond motifs is 1. The Kier molecular flexibility index (Phi) is 6.40. The summed E-state index contributed by atoms with van der Waals surface area (Å²) in [6.07, 6.45) is 4.38. The van der Waals surface area contributed by atoms with E-state index in [-0.39, 0.29) is 5.91 Å². The lowest BCUT2D eigenvalue weighted by Crippen LogP contribution is -2.33. The van der Waals surface area contributed by atoms with E-state index in [1.165, 1.54) is 6.92 Å². The van der Waals surface area contributed by atoms with Gasteiger partial charge in [0.25, 0.3) is 0 Å². The minimum absolute atomic E-state index is 0.00289. The van der Waals surface area contributed by atoms with Crippen LogP contribution in [0.25, 0.3) is 0 Å². The fraction of sp³-hybridized carbons (Fsp3) is 0.611. The van der Waals surface area contributed by atoms with Gasteiger partial charge in [0.15, 0.2) is 0 Å². The maximum absolute atomic E-state index is 13.0. The number of hydrogen-bond donors (Lipinski definition) is 0. The Labute approximate surface area is 145 Å².